The van der Waals surface area contributed by atoms with E-state index in [1.54, 1.807) is 13.1 Å². The monoisotopic (exact) mass is 448 g/mol. The fraction of sp³-hybridized carbons (Fsp3) is 0.611. The average Bonchev–Trinajstić information content (AvgIpc) is 2.56. The van der Waals surface area contributed by atoms with Crippen LogP contribution in [0.3, 0.4) is 0 Å². The molecule has 1 aromatic carbocycles. The minimum Gasteiger partial charge on any atom is -0.356 e. The van der Waals surface area contributed by atoms with Crippen molar-refractivity contribution in [2.45, 2.75) is 45.2 Å². The fourth-order valence-corrected chi connectivity index (χ4v) is 3.03. The summed E-state index contributed by atoms with van der Waals surface area (Å²) in [6.07, 6.45) is 5.12. The summed E-state index contributed by atoms with van der Waals surface area (Å²) in [6.45, 7) is 6.15. The smallest absolute Gasteiger partial charge is 0.191 e. The lowest BCUT2D eigenvalue weighted by Crippen LogP contribution is -2.41. The third-order valence-electron chi connectivity index (χ3n) is 4.43. The first-order valence-electron chi connectivity index (χ1n) is 8.62. The van der Waals surface area contributed by atoms with Crippen LogP contribution in [0.5, 0.6) is 0 Å². The first-order chi connectivity index (χ1) is 11.2. The SMILES string of the molecule is CN=C(NCCCN1CCCCC1C)NCc1cccc(F)c1.I. The molecule has 0 saturated carbocycles. The number of benzene rings is 1. The molecule has 1 aliphatic rings. The Morgan fingerprint density at radius 2 is 2.17 bits per heavy atom. The number of piperidine rings is 1. The van der Waals surface area contributed by atoms with Crippen molar-refractivity contribution in [2.75, 3.05) is 26.7 Å². The number of hydrogen-bond acceptors (Lipinski definition) is 2. The summed E-state index contributed by atoms with van der Waals surface area (Å²) >= 11 is 0. The number of likely N-dealkylation sites (tertiary alicyclic amines) is 1. The third kappa shape index (κ3) is 7.34. The average molecular weight is 448 g/mol. The van der Waals surface area contributed by atoms with E-state index in [9.17, 15) is 4.39 Å². The number of halogens is 2. The molecule has 1 aliphatic heterocycles. The van der Waals surface area contributed by atoms with Crippen LogP contribution in [-0.2, 0) is 6.54 Å². The van der Waals surface area contributed by atoms with E-state index in [0.29, 0.717) is 12.6 Å². The van der Waals surface area contributed by atoms with Crippen molar-refractivity contribution in [1.29, 1.82) is 0 Å². The predicted molar refractivity (Wildman–Crippen MR) is 110 cm³/mol. The zero-order chi connectivity index (χ0) is 16.5. The van der Waals surface area contributed by atoms with Crippen LogP contribution < -0.4 is 10.6 Å². The van der Waals surface area contributed by atoms with Crippen molar-refractivity contribution >= 4 is 29.9 Å². The molecular formula is C18H30FIN4. The third-order valence-corrected chi connectivity index (χ3v) is 4.43. The lowest BCUT2D eigenvalue weighted by Gasteiger charge is -2.33. The second-order valence-electron chi connectivity index (χ2n) is 6.22. The summed E-state index contributed by atoms with van der Waals surface area (Å²) in [4.78, 5) is 6.79. The van der Waals surface area contributed by atoms with E-state index in [0.717, 1.165) is 31.0 Å². The number of rotatable bonds is 6. The Morgan fingerprint density at radius 3 is 2.88 bits per heavy atom. The number of hydrogen-bond donors (Lipinski definition) is 2. The maximum absolute atomic E-state index is 13.2. The fourth-order valence-electron chi connectivity index (χ4n) is 3.03. The standard InChI is InChI=1S/C18H29FN4.HI/c1-15-7-3-4-11-23(15)12-6-10-21-18(20-2)22-14-16-8-5-9-17(19)13-16;/h5,8-9,13,15H,3-4,6-7,10-12,14H2,1-2H3,(H2,20,21,22);1H. The van der Waals surface area contributed by atoms with Gasteiger partial charge in [-0.15, -0.1) is 24.0 Å². The molecule has 1 atom stereocenters. The van der Waals surface area contributed by atoms with Crippen LogP contribution in [0.1, 0.15) is 38.2 Å². The molecule has 2 N–H and O–H groups in total. The van der Waals surface area contributed by atoms with Gasteiger partial charge in [0.05, 0.1) is 0 Å². The minimum absolute atomic E-state index is 0. The van der Waals surface area contributed by atoms with E-state index < -0.39 is 0 Å². The van der Waals surface area contributed by atoms with Gasteiger partial charge in [-0.05, 0) is 50.4 Å². The van der Waals surface area contributed by atoms with Crippen molar-refractivity contribution in [2.24, 2.45) is 4.99 Å². The first-order valence-corrected chi connectivity index (χ1v) is 8.62. The molecular weight excluding hydrogens is 418 g/mol. The van der Waals surface area contributed by atoms with Crippen LogP contribution in [0.4, 0.5) is 4.39 Å². The molecule has 0 spiro atoms. The van der Waals surface area contributed by atoms with Gasteiger partial charge in [-0.3, -0.25) is 4.99 Å². The number of aliphatic imine (C=N–C) groups is 1. The molecule has 0 bridgehead atoms. The lowest BCUT2D eigenvalue weighted by molar-refractivity contribution is 0.159. The molecule has 0 amide bonds. The van der Waals surface area contributed by atoms with Gasteiger partial charge >= 0.3 is 0 Å². The molecule has 0 radical (unpaired) electrons. The van der Waals surface area contributed by atoms with Crippen molar-refractivity contribution in [3.63, 3.8) is 0 Å². The van der Waals surface area contributed by atoms with E-state index in [1.807, 2.05) is 6.07 Å². The number of nitrogens with zero attached hydrogens (tertiary/aromatic N) is 2. The molecule has 136 valence electrons. The van der Waals surface area contributed by atoms with Gasteiger partial charge in [0.2, 0.25) is 0 Å². The summed E-state index contributed by atoms with van der Waals surface area (Å²) < 4.78 is 13.2. The van der Waals surface area contributed by atoms with Gasteiger partial charge in [0.15, 0.2) is 5.96 Å². The highest BCUT2D eigenvalue weighted by Gasteiger charge is 2.17. The van der Waals surface area contributed by atoms with Crippen LogP contribution >= 0.6 is 24.0 Å². The lowest BCUT2D eigenvalue weighted by atomic mass is 10.0. The minimum atomic E-state index is -0.206. The van der Waals surface area contributed by atoms with Gasteiger partial charge in [0.25, 0.3) is 0 Å². The van der Waals surface area contributed by atoms with E-state index in [4.69, 9.17) is 0 Å². The maximum Gasteiger partial charge on any atom is 0.191 e. The van der Waals surface area contributed by atoms with Gasteiger partial charge in [-0.1, -0.05) is 18.6 Å². The van der Waals surface area contributed by atoms with Crippen LogP contribution in [0.2, 0.25) is 0 Å². The summed E-state index contributed by atoms with van der Waals surface area (Å²) in [5.41, 5.74) is 0.912. The molecule has 1 fully saturated rings. The molecule has 2 rings (SSSR count). The van der Waals surface area contributed by atoms with Gasteiger partial charge in [0, 0.05) is 32.7 Å². The molecule has 0 aliphatic carbocycles. The van der Waals surface area contributed by atoms with Crippen LogP contribution in [0.25, 0.3) is 0 Å². The first kappa shape index (κ1) is 21.2. The Balaban J connectivity index is 0.00000288. The Labute approximate surface area is 162 Å². The van der Waals surface area contributed by atoms with Crippen LogP contribution in [-0.4, -0.2) is 43.6 Å². The Hall–Kier alpha value is -0.890. The predicted octanol–water partition coefficient (Wildman–Crippen LogP) is 3.37. The molecule has 1 heterocycles. The molecule has 1 aromatic rings. The molecule has 1 saturated heterocycles. The number of nitrogens with one attached hydrogen (secondary N) is 2. The van der Waals surface area contributed by atoms with E-state index in [2.05, 4.69) is 27.4 Å². The Bertz CT molecular complexity index is 510. The molecule has 24 heavy (non-hydrogen) atoms. The maximum atomic E-state index is 13.2. The van der Waals surface area contributed by atoms with Gasteiger partial charge in [-0.25, -0.2) is 4.39 Å². The van der Waals surface area contributed by atoms with E-state index in [-0.39, 0.29) is 29.8 Å². The van der Waals surface area contributed by atoms with Crippen molar-refractivity contribution in [3.05, 3.63) is 35.6 Å². The van der Waals surface area contributed by atoms with Crippen LogP contribution in [0, 0.1) is 5.82 Å². The highest BCUT2D eigenvalue weighted by atomic mass is 127. The van der Waals surface area contributed by atoms with Crippen molar-refractivity contribution in [3.8, 4) is 0 Å². The van der Waals surface area contributed by atoms with Crippen LogP contribution in [0.15, 0.2) is 29.3 Å². The molecule has 0 aromatic heterocycles. The second kappa shape index (κ2) is 11.6. The Kier molecular flexibility index (Phi) is 10.2. The second-order valence-corrected chi connectivity index (χ2v) is 6.22. The van der Waals surface area contributed by atoms with E-state index in [1.165, 1.54) is 37.9 Å². The van der Waals surface area contributed by atoms with E-state index >= 15 is 0 Å². The molecule has 6 heteroatoms. The molecule has 4 nitrogen and oxygen atoms in total. The van der Waals surface area contributed by atoms with Gasteiger partial charge < -0.3 is 15.5 Å². The van der Waals surface area contributed by atoms with Gasteiger partial charge in [-0.2, -0.15) is 0 Å². The highest BCUT2D eigenvalue weighted by molar-refractivity contribution is 14.0. The zero-order valence-electron chi connectivity index (χ0n) is 14.7. The summed E-state index contributed by atoms with van der Waals surface area (Å²) in [5.74, 6) is 0.559. The van der Waals surface area contributed by atoms with Gasteiger partial charge in [0.1, 0.15) is 5.82 Å². The zero-order valence-corrected chi connectivity index (χ0v) is 17.1. The molecule has 1 unspecified atom stereocenters. The normalized spacial score (nSPS) is 18.8. The largest absolute Gasteiger partial charge is 0.356 e. The van der Waals surface area contributed by atoms with Crippen molar-refractivity contribution < 1.29 is 4.39 Å². The summed E-state index contributed by atoms with van der Waals surface area (Å²) in [5, 5.41) is 6.55. The summed E-state index contributed by atoms with van der Waals surface area (Å²) in [6, 6.07) is 7.34. The topological polar surface area (TPSA) is 39.7 Å². The highest BCUT2D eigenvalue weighted by Crippen LogP contribution is 2.15. The van der Waals surface area contributed by atoms with Crippen molar-refractivity contribution in [1.82, 2.24) is 15.5 Å². The number of guanidine groups is 1. The Morgan fingerprint density at radius 1 is 1.33 bits per heavy atom. The quantitative estimate of drug-likeness (QED) is 0.304. The summed E-state index contributed by atoms with van der Waals surface area (Å²) in [7, 11) is 1.76.